The molecule has 1 saturated carbocycles. The van der Waals surface area contributed by atoms with Gasteiger partial charge in [-0.05, 0) is 50.2 Å². The summed E-state index contributed by atoms with van der Waals surface area (Å²) >= 11 is 1.62. The Labute approximate surface area is 141 Å². The van der Waals surface area contributed by atoms with Crippen LogP contribution in [0.4, 0.5) is 0 Å². The van der Waals surface area contributed by atoms with Crippen molar-refractivity contribution in [3.63, 3.8) is 0 Å². The molecule has 2 aliphatic carbocycles. The highest BCUT2D eigenvalue weighted by atomic mass is 32.1. The fourth-order valence-corrected chi connectivity index (χ4v) is 4.35. The third-order valence-electron chi connectivity index (χ3n) is 4.90. The number of hydrogen-bond donors (Lipinski definition) is 0. The Kier molecular flexibility index (Phi) is 3.93. The van der Waals surface area contributed by atoms with E-state index in [1.165, 1.54) is 17.5 Å². The zero-order valence-corrected chi connectivity index (χ0v) is 14.3. The van der Waals surface area contributed by atoms with Crippen LogP contribution in [0.5, 0.6) is 0 Å². The molecular formula is C19H22N2OS. The molecule has 1 unspecified atom stereocenters. The van der Waals surface area contributed by atoms with E-state index >= 15 is 0 Å². The largest absolute Gasteiger partial charge is 0.332 e. The van der Waals surface area contributed by atoms with E-state index in [0.29, 0.717) is 12.5 Å². The third-order valence-corrected chi connectivity index (χ3v) is 5.72. The lowest BCUT2D eigenvalue weighted by atomic mass is 9.86. The van der Waals surface area contributed by atoms with Crippen molar-refractivity contribution in [1.82, 2.24) is 9.88 Å². The first kappa shape index (κ1) is 14.9. The van der Waals surface area contributed by atoms with Gasteiger partial charge in [0.05, 0.1) is 23.2 Å². The van der Waals surface area contributed by atoms with Gasteiger partial charge in [-0.2, -0.15) is 0 Å². The lowest BCUT2D eigenvalue weighted by Gasteiger charge is -2.36. The summed E-state index contributed by atoms with van der Waals surface area (Å²) in [7, 11) is 0. The second kappa shape index (κ2) is 6.08. The van der Waals surface area contributed by atoms with Crippen LogP contribution in [-0.4, -0.2) is 21.8 Å². The molecule has 4 rings (SSSR count). The molecule has 1 fully saturated rings. The minimum absolute atomic E-state index is 0.250. The molecular weight excluding hydrogens is 304 g/mol. The van der Waals surface area contributed by atoms with Crippen molar-refractivity contribution in [2.24, 2.45) is 0 Å². The van der Waals surface area contributed by atoms with Gasteiger partial charge >= 0.3 is 0 Å². The van der Waals surface area contributed by atoms with Crippen molar-refractivity contribution in [2.75, 3.05) is 0 Å². The van der Waals surface area contributed by atoms with Crippen LogP contribution in [0.2, 0.25) is 0 Å². The second-order valence-corrected chi connectivity index (χ2v) is 7.74. The lowest BCUT2D eigenvalue weighted by Crippen LogP contribution is -2.39. The number of hydrogen-bond acceptors (Lipinski definition) is 3. The van der Waals surface area contributed by atoms with Gasteiger partial charge in [-0.3, -0.25) is 4.79 Å². The number of rotatable bonds is 4. The summed E-state index contributed by atoms with van der Waals surface area (Å²) in [5.74, 6) is 0.250. The average Bonchev–Trinajstić information content (AvgIpc) is 3.30. The summed E-state index contributed by atoms with van der Waals surface area (Å²) < 4.78 is 0. The summed E-state index contributed by atoms with van der Waals surface area (Å²) in [6.45, 7) is 1.99. The fourth-order valence-electron chi connectivity index (χ4n) is 3.74. The van der Waals surface area contributed by atoms with Gasteiger partial charge in [0.1, 0.15) is 0 Å². The van der Waals surface area contributed by atoms with Crippen molar-refractivity contribution in [1.29, 1.82) is 0 Å². The summed E-state index contributed by atoms with van der Waals surface area (Å²) in [5.41, 5.74) is 3.72. The van der Waals surface area contributed by atoms with Crippen LogP contribution in [0.15, 0.2) is 29.6 Å². The van der Waals surface area contributed by atoms with E-state index in [1.807, 2.05) is 12.3 Å². The third kappa shape index (κ3) is 3.05. The summed E-state index contributed by atoms with van der Waals surface area (Å²) in [6.07, 6.45) is 6.16. The van der Waals surface area contributed by atoms with Crippen LogP contribution in [0.25, 0.3) is 0 Å². The van der Waals surface area contributed by atoms with E-state index in [2.05, 4.69) is 34.1 Å². The maximum atomic E-state index is 13.0. The number of thiazole rings is 1. The number of carbonyl (C=O) groups excluding carboxylic acids is 1. The standard InChI is InChI=1S/C19H22N2OS/c1-13-20-15(12-23-13)11-19(22)21(16-9-10-16)18-8-4-6-14-5-2-3-7-17(14)18/h2-3,5,7,12,16,18H,4,6,8-11H2,1H3. The Hall–Kier alpha value is -1.68. The van der Waals surface area contributed by atoms with Gasteiger partial charge < -0.3 is 4.90 Å². The fraction of sp³-hybridized carbons (Fsp3) is 0.474. The van der Waals surface area contributed by atoms with E-state index in [4.69, 9.17) is 0 Å². The molecule has 0 saturated heterocycles. The normalized spacial score (nSPS) is 20.1. The second-order valence-electron chi connectivity index (χ2n) is 6.67. The molecule has 0 N–H and O–H groups in total. The zero-order valence-electron chi connectivity index (χ0n) is 13.5. The minimum Gasteiger partial charge on any atom is -0.332 e. The molecule has 3 nitrogen and oxygen atoms in total. The Balaban J connectivity index is 1.60. The summed E-state index contributed by atoms with van der Waals surface area (Å²) in [5, 5.41) is 3.06. The number of amides is 1. The van der Waals surface area contributed by atoms with Gasteiger partial charge in [-0.1, -0.05) is 24.3 Å². The van der Waals surface area contributed by atoms with Crippen molar-refractivity contribution in [3.8, 4) is 0 Å². The van der Waals surface area contributed by atoms with E-state index in [0.717, 1.165) is 36.4 Å². The average molecular weight is 326 g/mol. The van der Waals surface area contributed by atoms with Crippen LogP contribution < -0.4 is 0 Å². The maximum absolute atomic E-state index is 13.0. The predicted molar refractivity (Wildman–Crippen MR) is 92.5 cm³/mol. The quantitative estimate of drug-likeness (QED) is 0.849. The van der Waals surface area contributed by atoms with Gasteiger partial charge in [0.15, 0.2) is 0 Å². The van der Waals surface area contributed by atoms with E-state index in [9.17, 15) is 4.79 Å². The predicted octanol–water partition coefficient (Wildman–Crippen LogP) is 4.06. The molecule has 1 heterocycles. The van der Waals surface area contributed by atoms with Gasteiger partial charge in [0.25, 0.3) is 0 Å². The number of aryl methyl sites for hydroxylation is 2. The molecule has 0 radical (unpaired) electrons. The van der Waals surface area contributed by atoms with Crippen LogP contribution in [-0.2, 0) is 17.6 Å². The van der Waals surface area contributed by atoms with Crippen molar-refractivity contribution >= 4 is 17.2 Å². The summed E-state index contributed by atoms with van der Waals surface area (Å²) in [6, 6.07) is 9.37. The molecule has 0 spiro atoms. The number of fused-ring (bicyclic) bond motifs is 1. The Bertz CT molecular complexity index is 720. The molecule has 2 aliphatic rings. The first-order valence-corrected chi connectivity index (χ1v) is 9.40. The SMILES string of the molecule is Cc1nc(CC(=O)N(C2CC2)C2CCCc3ccccc32)cs1. The van der Waals surface area contributed by atoms with Crippen LogP contribution in [0, 0.1) is 6.92 Å². The van der Waals surface area contributed by atoms with Gasteiger partial charge in [0.2, 0.25) is 5.91 Å². The monoisotopic (exact) mass is 326 g/mol. The number of carbonyl (C=O) groups is 1. The summed E-state index contributed by atoms with van der Waals surface area (Å²) in [4.78, 5) is 19.7. The molecule has 0 bridgehead atoms. The van der Waals surface area contributed by atoms with Gasteiger partial charge in [0, 0.05) is 11.4 Å². The Morgan fingerprint density at radius 3 is 2.87 bits per heavy atom. The van der Waals surface area contributed by atoms with Crippen molar-refractivity contribution in [2.45, 2.75) is 57.5 Å². The van der Waals surface area contributed by atoms with E-state index in [-0.39, 0.29) is 11.9 Å². The first-order valence-electron chi connectivity index (χ1n) is 8.52. The van der Waals surface area contributed by atoms with E-state index < -0.39 is 0 Å². The first-order chi connectivity index (χ1) is 11.2. The van der Waals surface area contributed by atoms with Gasteiger partial charge in [-0.25, -0.2) is 4.98 Å². The molecule has 1 aromatic heterocycles. The minimum atomic E-state index is 0.250. The number of aromatic nitrogens is 1. The highest BCUT2D eigenvalue weighted by Crippen LogP contribution is 2.41. The molecule has 2 aromatic rings. The topological polar surface area (TPSA) is 33.2 Å². The van der Waals surface area contributed by atoms with Crippen molar-refractivity contribution in [3.05, 3.63) is 51.5 Å². The maximum Gasteiger partial charge on any atom is 0.229 e. The highest BCUT2D eigenvalue weighted by molar-refractivity contribution is 7.09. The Morgan fingerprint density at radius 2 is 2.13 bits per heavy atom. The number of nitrogens with zero attached hydrogens (tertiary/aromatic N) is 2. The van der Waals surface area contributed by atoms with Crippen LogP contribution >= 0.6 is 11.3 Å². The van der Waals surface area contributed by atoms with Gasteiger partial charge in [-0.15, -0.1) is 11.3 Å². The Morgan fingerprint density at radius 1 is 1.30 bits per heavy atom. The number of benzene rings is 1. The molecule has 0 aliphatic heterocycles. The van der Waals surface area contributed by atoms with Crippen LogP contribution in [0.3, 0.4) is 0 Å². The van der Waals surface area contributed by atoms with Crippen LogP contribution in [0.1, 0.15) is 53.6 Å². The highest BCUT2D eigenvalue weighted by Gasteiger charge is 2.39. The van der Waals surface area contributed by atoms with E-state index in [1.54, 1.807) is 11.3 Å². The molecule has 1 amide bonds. The molecule has 1 atom stereocenters. The lowest BCUT2D eigenvalue weighted by molar-refractivity contribution is -0.134. The zero-order chi connectivity index (χ0) is 15.8. The van der Waals surface area contributed by atoms with Crippen molar-refractivity contribution < 1.29 is 4.79 Å². The smallest absolute Gasteiger partial charge is 0.229 e. The molecule has 120 valence electrons. The molecule has 1 aromatic carbocycles. The molecule has 23 heavy (non-hydrogen) atoms. The molecule has 4 heteroatoms.